The van der Waals surface area contributed by atoms with Crippen LogP contribution in [0.4, 0.5) is 0 Å². The summed E-state index contributed by atoms with van der Waals surface area (Å²) in [5.41, 5.74) is 12.3. The lowest BCUT2D eigenvalue weighted by Gasteiger charge is -2.07. The second-order valence-electron chi connectivity index (χ2n) is 7.08. The van der Waals surface area contributed by atoms with Crippen molar-refractivity contribution < 1.29 is 4.79 Å². The number of hydrogen-bond acceptors (Lipinski definition) is 11. The molecule has 13 heteroatoms. The van der Waals surface area contributed by atoms with Crippen molar-refractivity contribution in [1.82, 2.24) is 24.8 Å². The maximum absolute atomic E-state index is 11.7. The first-order valence-electron chi connectivity index (χ1n) is 10.3. The summed E-state index contributed by atoms with van der Waals surface area (Å²) in [6, 6.07) is 1.93. The van der Waals surface area contributed by atoms with Gasteiger partial charge in [0.25, 0.3) is 0 Å². The molecule has 0 radical (unpaired) electrons. The van der Waals surface area contributed by atoms with E-state index in [1.165, 1.54) is 23.7 Å². The second kappa shape index (κ2) is 21.1. The number of rotatable bonds is 6. The Morgan fingerprint density at radius 3 is 2.00 bits per heavy atom. The van der Waals surface area contributed by atoms with Crippen molar-refractivity contribution in [3.8, 4) is 10.6 Å². The number of ketones is 1. The summed E-state index contributed by atoms with van der Waals surface area (Å²) >= 11 is 8.96. The van der Waals surface area contributed by atoms with Gasteiger partial charge in [0.2, 0.25) is 0 Å². The molecule has 0 amide bonds. The first-order chi connectivity index (χ1) is 16.6. The summed E-state index contributed by atoms with van der Waals surface area (Å²) in [7, 11) is 3.94. The normalized spacial score (nSPS) is 9.83. The van der Waals surface area contributed by atoms with E-state index in [-0.39, 0.29) is 13.2 Å². The number of halogens is 2. The molecule has 0 fully saturated rings. The number of thiazole rings is 2. The molecule has 0 spiro atoms. The van der Waals surface area contributed by atoms with Crippen molar-refractivity contribution in [3.05, 3.63) is 50.9 Å². The van der Waals surface area contributed by atoms with Gasteiger partial charge in [-0.2, -0.15) is 0 Å². The summed E-state index contributed by atoms with van der Waals surface area (Å²) in [4.78, 5) is 33.0. The number of nitrogens with two attached hydrogens (primary N) is 2. The molecule has 0 saturated carbocycles. The number of thioether (sulfide) groups is 1. The van der Waals surface area contributed by atoms with Crippen LogP contribution in [0.5, 0.6) is 0 Å². The third kappa shape index (κ3) is 14.2. The lowest BCUT2D eigenvalue weighted by Crippen LogP contribution is -2.16. The molecule has 0 aromatic carbocycles. The predicted octanol–water partition coefficient (Wildman–Crippen LogP) is 6.62. The molecule has 8 nitrogen and oxygen atoms in total. The van der Waals surface area contributed by atoms with Gasteiger partial charge in [0.05, 0.1) is 36.9 Å². The average Bonchev–Trinajstić information content (AvgIpc) is 3.38. The quantitative estimate of drug-likeness (QED) is 0.123. The molecular weight excluding hydrogens is 740 g/mol. The van der Waals surface area contributed by atoms with E-state index in [9.17, 15) is 4.79 Å². The maximum atomic E-state index is 11.7. The second-order valence-corrected chi connectivity index (χ2v) is 10.3. The molecule has 4 N–H and O–H groups in total. The Kier molecular flexibility index (Phi) is 21.8. The number of aromatic nitrogens is 4. The van der Waals surface area contributed by atoms with Crippen LogP contribution in [0, 0.1) is 27.7 Å². The van der Waals surface area contributed by atoms with Crippen molar-refractivity contribution in [2.75, 3.05) is 26.9 Å². The molecule has 3 aromatic rings. The van der Waals surface area contributed by atoms with Crippen LogP contribution < -0.4 is 11.5 Å². The fraction of sp³-hybridized carbons (Fsp3) is 0.435. The van der Waals surface area contributed by atoms with Gasteiger partial charge in [0.15, 0.2) is 10.9 Å². The van der Waals surface area contributed by atoms with Crippen molar-refractivity contribution in [2.45, 2.75) is 46.7 Å². The minimum absolute atomic E-state index is 0. The van der Waals surface area contributed by atoms with Crippen LogP contribution in [0.2, 0.25) is 0 Å². The largest absolute Gasteiger partial charge is 0.403 e. The maximum Gasteiger partial charge on any atom is 0.187 e. The van der Waals surface area contributed by atoms with Gasteiger partial charge in [-0.25, -0.2) is 19.9 Å². The van der Waals surface area contributed by atoms with Crippen LogP contribution in [0.25, 0.3) is 10.6 Å². The lowest BCUT2D eigenvalue weighted by molar-refractivity contribution is 0.0975. The Balaban J connectivity index is 0. The predicted molar refractivity (Wildman–Crippen MR) is 176 cm³/mol. The highest BCUT2D eigenvalue weighted by molar-refractivity contribution is 15.0. The van der Waals surface area contributed by atoms with Gasteiger partial charge in [-0.15, -0.1) is 22.7 Å². The zero-order valence-corrected chi connectivity index (χ0v) is 27.8. The van der Waals surface area contributed by atoms with Gasteiger partial charge < -0.3 is 16.4 Å². The number of nitrogens with zero attached hydrogens (tertiary/aromatic N) is 5. The van der Waals surface area contributed by atoms with Crippen molar-refractivity contribution in [1.29, 1.82) is 0 Å². The Hall–Kier alpha value is -0.880. The van der Waals surface area contributed by atoms with E-state index in [0.717, 1.165) is 48.6 Å². The topological polar surface area (TPSA) is 124 Å². The van der Waals surface area contributed by atoms with Crippen molar-refractivity contribution in [3.63, 3.8) is 0 Å². The molecule has 0 unspecified atom stereocenters. The SMILES string of the molecule is C.CSc1nccc(-c2sc(C)nc2C)n1.Cc1nc(C)c(C(=O)CCN(C)C)s1.II.NC=CN. The monoisotopic (exact) mass is 777 g/mol. The Bertz CT molecular complexity index is 1050. The van der Waals surface area contributed by atoms with Crippen LogP contribution in [0.15, 0.2) is 29.8 Å². The third-order valence-electron chi connectivity index (χ3n) is 4.01. The average molecular weight is 778 g/mol. The van der Waals surface area contributed by atoms with E-state index in [2.05, 4.69) is 57.2 Å². The first-order valence-corrected chi connectivity index (χ1v) is 19.4. The molecule has 3 heterocycles. The summed E-state index contributed by atoms with van der Waals surface area (Å²) in [5, 5.41) is 2.85. The van der Waals surface area contributed by atoms with E-state index in [1.807, 2.05) is 59.0 Å². The van der Waals surface area contributed by atoms with E-state index in [4.69, 9.17) is 11.5 Å². The Labute approximate surface area is 251 Å². The number of aryl methyl sites for hydroxylation is 4. The zero-order valence-electron chi connectivity index (χ0n) is 21.0. The highest BCUT2D eigenvalue weighted by Crippen LogP contribution is 2.28. The molecule has 0 aliphatic heterocycles. The highest BCUT2D eigenvalue weighted by atomic mass is 128. The molecule has 3 aromatic heterocycles. The van der Waals surface area contributed by atoms with Crippen LogP contribution in [0.3, 0.4) is 0 Å². The molecule has 36 heavy (non-hydrogen) atoms. The van der Waals surface area contributed by atoms with Crippen LogP contribution >= 0.6 is 71.7 Å². The number of hydrogen-bond donors (Lipinski definition) is 2. The summed E-state index contributed by atoms with van der Waals surface area (Å²) in [6.45, 7) is 8.65. The van der Waals surface area contributed by atoms with Crippen LogP contribution in [-0.4, -0.2) is 57.5 Å². The third-order valence-corrected chi connectivity index (χ3v) is 6.78. The highest BCUT2D eigenvalue weighted by Gasteiger charge is 2.13. The summed E-state index contributed by atoms with van der Waals surface area (Å²) in [6.07, 6.45) is 6.90. The molecule has 0 aliphatic carbocycles. The molecule has 202 valence electrons. The van der Waals surface area contributed by atoms with Gasteiger partial charge in [-0.05, 0) is 54.1 Å². The minimum atomic E-state index is 0. The lowest BCUT2D eigenvalue weighted by atomic mass is 10.2. The van der Waals surface area contributed by atoms with Crippen LogP contribution in [-0.2, 0) is 0 Å². The summed E-state index contributed by atoms with van der Waals surface area (Å²) in [5.74, 6) is 0.210. The molecule has 0 aliphatic rings. The number of Topliss-reactive ketones (excluding diaryl/α,β-unsaturated/α-hetero) is 1. The van der Waals surface area contributed by atoms with Crippen molar-refractivity contribution >= 4 is 77.5 Å². The smallest absolute Gasteiger partial charge is 0.187 e. The Morgan fingerprint density at radius 1 is 1.03 bits per heavy atom. The van der Waals surface area contributed by atoms with E-state index in [1.54, 1.807) is 29.3 Å². The van der Waals surface area contributed by atoms with E-state index >= 15 is 0 Å². The molecule has 3 rings (SSSR count). The van der Waals surface area contributed by atoms with Crippen LogP contribution in [0.1, 0.15) is 44.9 Å². The summed E-state index contributed by atoms with van der Waals surface area (Å²) < 4.78 is 0. The molecule has 0 atom stereocenters. The van der Waals surface area contributed by atoms with Gasteiger partial charge in [0, 0.05) is 68.8 Å². The van der Waals surface area contributed by atoms with E-state index < -0.39 is 0 Å². The number of carbonyl (C=O) groups is 1. The minimum Gasteiger partial charge on any atom is -0.403 e. The fourth-order valence-electron chi connectivity index (χ4n) is 2.56. The zero-order chi connectivity index (χ0) is 27.0. The van der Waals surface area contributed by atoms with E-state index in [0.29, 0.717) is 6.42 Å². The standard InChI is InChI=1S/C10H11N3S2.C10H16N2OS.C2H6N2.CH4.I2/c1-6-9(15-7(2)12-6)8-4-5-11-10(13-8)14-3;1-7-10(14-8(2)11-7)9(13)5-6-12(3)4;3-1-2-4;;1-2/h4-5H,1-3H3;5-6H2,1-4H3;1-2H,3-4H2;1H4;. The fourth-order valence-corrected chi connectivity index (χ4v) is 4.70. The van der Waals surface area contributed by atoms with Gasteiger partial charge in [0.1, 0.15) is 0 Å². The molecule has 0 bridgehead atoms. The number of carbonyl (C=O) groups excluding carboxylic acids is 1. The van der Waals surface area contributed by atoms with Gasteiger partial charge in [-0.1, -0.05) is 19.2 Å². The van der Waals surface area contributed by atoms with Gasteiger partial charge >= 0.3 is 0 Å². The first kappa shape index (κ1) is 37.3. The molecule has 0 saturated heterocycles. The Morgan fingerprint density at radius 2 is 1.58 bits per heavy atom. The van der Waals surface area contributed by atoms with Crippen molar-refractivity contribution in [2.24, 2.45) is 11.5 Å². The van der Waals surface area contributed by atoms with Gasteiger partial charge in [-0.3, -0.25) is 4.79 Å². The molecular formula is C23H37I2N7OS3.